The van der Waals surface area contributed by atoms with Crippen molar-refractivity contribution in [3.63, 3.8) is 0 Å². The van der Waals surface area contributed by atoms with E-state index in [-0.39, 0.29) is 0 Å². The summed E-state index contributed by atoms with van der Waals surface area (Å²) in [5.74, 6) is 8.45. The highest BCUT2D eigenvalue weighted by Crippen LogP contribution is 2.22. The van der Waals surface area contributed by atoms with E-state index in [1.165, 1.54) is 25.7 Å². The van der Waals surface area contributed by atoms with Crippen molar-refractivity contribution in [3.8, 4) is 23.2 Å². The van der Waals surface area contributed by atoms with E-state index in [0.29, 0.717) is 0 Å². The average molecular weight is 294 g/mol. The molecule has 2 aromatic heterocycles. The third-order valence-corrected chi connectivity index (χ3v) is 3.99. The minimum atomic E-state index is 0.932. The fourth-order valence-electron chi connectivity index (χ4n) is 2.76. The lowest BCUT2D eigenvalue weighted by molar-refractivity contribution is 0.636. The Morgan fingerprint density at radius 1 is 1.18 bits per heavy atom. The van der Waals surface area contributed by atoms with E-state index in [9.17, 15) is 0 Å². The Bertz CT molecular complexity index is 691. The molecule has 4 heteroatoms. The lowest BCUT2D eigenvalue weighted by atomic mass is 10.2. The van der Waals surface area contributed by atoms with Crippen LogP contribution in [0.25, 0.3) is 11.4 Å². The van der Waals surface area contributed by atoms with Gasteiger partial charge >= 0.3 is 0 Å². The summed E-state index contributed by atoms with van der Waals surface area (Å²) in [7, 11) is 0. The molecule has 0 aliphatic carbocycles. The van der Waals surface area contributed by atoms with Gasteiger partial charge in [0.05, 0.1) is 0 Å². The zero-order valence-corrected chi connectivity index (χ0v) is 13.2. The zero-order chi connectivity index (χ0) is 15.2. The van der Waals surface area contributed by atoms with Gasteiger partial charge in [-0.05, 0) is 25.3 Å². The van der Waals surface area contributed by atoms with E-state index in [2.05, 4.69) is 44.6 Å². The van der Waals surface area contributed by atoms with Crippen LogP contribution in [-0.4, -0.2) is 19.7 Å². The van der Waals surface area contributed by atoms with Crippen LogP contribution >= 0.6 is 0 Å². The van der Waals surface area contributed by atoms with Crippen LogP contribution in [0.15, 0.2) is 18.5 Å². The van der Waals surface area contributed by atoms with Gasteiger partial charge in [0.15, 0.2) is 5.82 Å². The molecule has 0 N–H and O–H groups in total. The van der Waals surface area contributed by atoms with Gasteiger partial charge in [-0.3, -0.25) is 4.98 Å². The van der Waals surface area contributed by atoms with E-state index in [1.54, 1.807) is 0 Å². The van der Waals surface area contributed by atoms with Crippen molar-refractivity contribution in [1.82, 2.24) is 19.7 Å². The van der Waals surface area contributed by atoms with Gasteiger partial charge in [0, 0.05) is 42.9 Å². The summed E-state index contributed by atoms with van der Waals surface area (Å²) in [6.07, 6.45) is 11.7. The second kappa shape index (κ2) is 7.22. The molecular weight excluding hydrogens is 272 g/mol. The van der Waals surface area contributed by atoms with Crippen LogP contribution in [0.1, 0.15) is 56.8 Å². The van der Waals surface area contributed by atoms with Crippen LogP contribution in [0.4, 0.5) is 0 Å². The molecule has 4 nitrogen and oxygen atoms in total. The second-order valence-electron chi connectivity index (χ2n) is 5.77. The molecule has 3 heterocycles. The number of aromatic nitrogens is 4. The van der Waals surface area contributed by atoms with Gasteiger partial charge in [-0.15, -0.1) is 10.2 Å². The highest BCUT2D eigenvalue weighted by molar-refractivity contribution is 5.57. The maximum atomic E-state index is 4.39. The summed E-state index contributed by atoms with van der Waals surface area (Å²) < 4.78 is 2.25. The lowest BCUT2D eigenvalue weighted by Crippen LogP contribution is -2.03. The minimum Gasteiger partial charge on any atom is -0.311 e. The first-order chi connectivity index (χ1) is 10.9. The van der Waals surface area contributed by atoms with Crippen molar-refractivity contribution < 1.29 is 0 Å². The molecule has 0 saturated heterocycles. The topological polar surface area (TPSA) is 43.6 Å². The van der Waals surface area contributed by atoms with Gasteiger partial charge in [-0.25, -0.2) is 0 Å². The van der Waals surface area contributed by atoms with Crippen molar-refractivity contribution in [2.75, 3.05) is 0 Å². The summed E-state index contributed by atoms with van der Waals surface area (Å²) in [6.45, 7) is 3.19. The summed E-state index contributed by atoms with van der Waals surface area (Å²) in [5.41, 5.74) is 1.97. The molecule has 0 unspecified atom stereocenters. The minimum absolute atomic E-state index is 0.932. The highest BCUT2D eigenvalue weighted by atomic mass is 15.3. The normalized spacial score (nSPS) is 13.9. The van der Waals surface area contributed by atoms with Crippen molar-refractivity contribution in [2.24, 2.45) is 0 Å². The Morgan fingerprint density at radius 3 is 3.05 bits per heavy atom. The Morgan fingerprint density at radius 2 is 2.14 bits per heavy atom. The standard InChI is InChI=1S/C18H22N4/c1-2-3-4-6-9-15-12-16(14-19-13-15)18-21-20-17-10-7-5-8-11-22(17)18/h12-14H,2-5,7-8,10-11H2,1H3. The first-order valence-electron chi connectivity index (χ1n) is 8.25. The largest absolute Gasteiger partial charge is 0.311 e. The molecule has 3 rings (SSSR count). The lowest BCUT2D eigenvalue weighted by Gasteiger charge is -2.06. The van der Waals surface area contributed by atoms with E-state index in [0.717, 1.165) is 48.6 Å². The average Bonchev–Trinajstić information content (AvgIpc) is 2.81. The van der Waals surface area contributed by atoms with Crippen molar-refractivity contribution in [1.29, 1.82) is 0 Å². The molecule has 22 heavy (non-hydrogen) atoms. The number of nitrogens with zero attached hydrogens (tertiary/aromatic N) is 4. The van der Waals surface area contributed by atoms with Crippen LogP contribution in [-0.2, 0) is 13.0 Å². The number of fused-ring (bicyclic) bond motifs is 1. The van der Waals surface area contributed by atoms with E-state index >= 15 is 0 Å². The van der Waals surface area contributed by atoms with Crippen LogP contribution in [0.3, 0.4) is 0 Å². The number of unbranched alkanes of at least 4 members (excludes halogenated alkanes) is 2. The Balaban J connectivity index is 1.86. The van der Waals surface area contributed by atoms with Crippen molar-refractivity contribution in [2.45, 2.75) is 58.4 Å². The number of pyridine rings is 1. The Labute approximate surface area is 132 Å². The summed E-state index contributed by atoms with van der Waals surface area (Å²) in [4.78, 5) is 4.33. The predicted octanol–water partition coefficient (Wildman–Crippen LogP) is 3.61. The van der Waals surface area contributed by atoms with Gasteiger partial charge in [0.1, 0.15) is 5.82 Å². The smallest absolute Gasteiger partial charge is 0.165 e. The molecule has 0 amide bonds. The third kappa shape index (κ3) is 3.36. The number of rotatable bonds is 3. The molecule has 0 radical (unpaired) electrons. The fraction of sp³-hybridized carbons (Fsp3) is 0.500. The summed E-state index contributed by atoms with van der Waals surface area (Å²) >= 11 is 0. The molecule has 0 fully saturated rings. The van der Waals surface area contributed by atoms with Crippen molar-refractivity contribution >= 4 is 0 Å². The molecule has 0 atom stereocenters. The molecule has 1 aliphatic rings. The highest BCUT2D eigenvalue weighted by Gasteiger charge is 2.16. The maximum absolute atomic E-state index is 4.39. The van der Waals surface area contributed by atoms with Crippen LogP contribution in [0.5, 0.6) is 0 Å². The van der Waals surface area contributed by atoms with E-state index in [1.807, 2.05) is 12.4 Å². The molecule has 0 saturated carbocycles. The molecule has 0 spiro atoms. The SMILES string of the molecule is CCCCC#Cc1cncc(-c2nnc3n2CCCCC3)c1. The maximum Gasteiger partial charge on any atom is 0.165 e. The summed E-state index contributed by atoms with van der Waals surface area (Å²) in [6, 6.07) is 2.08. The van der Waals surface area contributed by atoms with Crippen molar-refractivity contribution in [3.05, 3.63) is 29.8 Å². The monoisotopic (exact) mass is 294 g/mol. The quantitative estimate of drug-likeness (QED) is 0.641. The molecule has 0 aromatic carbocycles. The van der Waals surface area contributed by atoms with Gasteiger partial charge in [0.25, 0.3) is 0 Å². The third-order valence-electron chi connectivity index (χ3n) is 3.99. The van der Waals surface area contributed by atoms with Crippen LogP contribution < -0.4 is 0 Å². The first-order valence-corrected chi connectivity index (χ1v) is 8.25. The molecule has 1 aliphatic heterocycles. The molecule has 114 valence electrons. The van der Waals surface area contributed by atoms with E-state index < -0.39 is 0 Å². The fourth-order valence-corrected chi connectivity index (χ4v) is 2.76. The summed E-state index contributed by atoms with van der Waals surface area (Å²) in [5, 5.41) is 8.74. The second-order valence-corrected chi connectivity index (χ2v) is 5.77. The number of aryl methyl sites for hydroxylation is 1. The van der Waals surface area contributed by atoms with Gasteiger partial charge in [0.2, 0.25) is 0 Å². The predicted molar refractivity (Wildman–Crippen MR) is 87.2 cm³/mol. The van der Waals surface area contributed by atoms with Gasteiger partial charge in [-0.2, -0.15) is 0 Å². The molecular formula is C18H22N4. The van der Waals surface area contributed by atoms with E-state index in [4.69, 9.17) is 0 Å². The molecule has 0 bridgehead atoms. The number of hydrogen-bond acceptors (Lipinski definition) is 3. The zero-order valence-electron chi connectivity index (χ0n) is 13.2. The van der Waals surface area contributed by atoms with Crippen LogP contribution in [0.2, 0.25) is 0 Å². The molecule has 2 aromatic rings. The van der Waals surface area contributed by atoms with Gasteiger partial charge in [-0.1, -0.05) is 31.6 Å². The first kappa shape index (κ1) is 14.8. The Hall–Kier alpha value is -2.15. The number of hydrogen-bond donors (Lipinski definition) is 0. The van der Waals surface area contributed by atoms with Gasteiger partial charge < -0.3 is 4.57 Å². The van der Waals surface area contributed by atoms with Crippen LogP contribution in [0, 0.1) is 11.8 Å². The Kier molecular flexibility index (Phi) is 4.85.